The number of rotatable bonds is 8. The van der Waals surface area contributed by atoms with Gasteiger partial charge in [-0.2, -0.15) is 0 Å². The first-order valence-electron chi connectivity index (χ1n) is 10.0. The second-order valence-corrected chi connectivity index (χ2v) is 10.9. The summed E-state index contributed by atoms with van der Waals surface area (Å²) in [5.74, 6) is -0.327. The van der Waals surface area contributed by atoms with Gasteiger partial charge in [-0.3, -0.25) is 9.69 Å². The van der Waals surface area contributed by atoms with Crippen molar-refractivity contribution in [1.82, 2.24) is 14.5 Å². The summed E-state index contributed by atoms with van der Waals surface area (Å²) in [5, 5.41) is 1.14. The molecule has 0 bridgehead atoms. The van der Waals surface area contributed by atoms with Gasteiger partial charge in [0, 0.05) is 36.1 Å². The lowest BCUT2D eigenvalue weighted by Crippen LogP contribution is -2.32. The van der Waals surface area contributed by atoms with Crippen molar-refractivity contribution < 1.29 is 13.2 Å². The van der Waals surface area contributed by atoms with Gasteiger partial charge in [-0.25, -0.2) is 18.4 Å². The van der Waals surface area contributed by atoms with Crippen molar-refractivity contribution >= 4 is 54.0 Å². The number of aromatic nitrogens is 3. The van der Waals surface area contributed by atoms with Gasteiger partial charge in [0.25, 0.3) is 5.91 Å². The molecule has 4 rings (SSSR count). The van der Waals surface area contributed by atoms with E-state index in [-0.39, 0.29) is 16.6 Å². The highest BCUT2D eigenvalue weighted by molar-refractivity contribution is 7.91. The van der Waals surface area contributed by atoms with Crippen molar-refractivity contribution in [2.24, 2.45) is 0 Å². The van der Waals surface area contributed by atoms with Gasteiger partial charge in [0.2, 0.25) is 0 Å². The highest BCUT2D eigenvalue weighted by Crippen LogP contribution is 2.32. The topological polar surface area (TPSA) is 85.2 Å². The van der Waals surface area contributed by atoms with E-state index >= 15 is 0 Å². The van der Waals surface area contributed by atoms with E-state index in [0.717, 1.165) is 10.2 Å². The predicted octanol–water partition coefficient (Wildman–Crippen LogP) is 4.68. The van der Waals surface area contributed by atoms with Crippen molar-refractivity contribution in [2.75, 3.05) is 17.2 Å². The van der Waals surface area contributed by atoms with Gasteiger partial charge in [0.05, 0.1) is 27.2 Å². The Kier molecular flexibility index (Phi) is 6.59. The van der Waals surface area contributed by atoms with Crippen LogP contribution < -0.4 is 4.90 Å². The number of carbonyl (C=O) groups is 1. The van der Waals surface area contributed by atoms with E-state index in [2.05, 4.69) is 9.97 Å². The van der Waals surface area contributed by atoms with E-state index in [0.29, 0.717) is 35.2 Å². The highest BCUT2D eigenvalue weighted by Gasteiger charge is 2.23. The number of aryl methyl sites for hydroxylation is 1. The van der Waals surface area contributed by atoms with E-state index in [1.165, 1.54) is 23.5 Å². The molecule has 0 saturated carbocycles. The van der Waals surface area contributed by atoms with Crippen LogP contribution in [0.4, 0.5) is 5.13 Å². The summed E-state index contributed by atoms with van der Waals surface area (Å²) in [5.41, 5.74) is 1.06. The lowest BCUT2D eigenvalue weighted by molar-refractivity contribution is 0.0986. The van der Waals surface area contributed by atoms with Crippen LogP contribution in [0.15, 0.2) is 66.1 Å². The van der Waals surface area contributed by atoms with Crippen molar-refractivity contribution in [3.05, 3.63) is 71.8 Å². The van der Waals surface area contributed by atoms with Crippen LogP contribution in [0.3, 0.4) is 0 Å². The number of nitrogens with zero attached hydrogens (tertiary/aromatic N) is 4. The molecule has 7 nitrogen and oxygen atoms in total. The zero-order chi connectivity index (χ0) is 22.7. The third kappa shape index (κ3) is 4.85. The largest absolute Gasteiger partial charge is 0.337 e. The standard InChI is InChI=1S/C22H21ClN4O3S2/c1-2-32(29,30)18-6-3-5-16(13-18)21(28)27(11-4-10-26-12-9-24-15-26)22-25-19-8-7-17(23)14-20(19)31-22/h3,5-9,12-15H,2,4,10-11H2,1H3. The zero-order valence-corrected chi connectivity index (χ0v) is 19.7. The van der Waals surface area contributed by atoms with Crippen LogP contribution in [0.1, 0.15) is 23.7 Å². The molecule has 2 aromatic carbocycles. The molecule has 0 saturated heterocycles. The van der Waals surface area contributed by atoms with Crippen LogP contribution in [-0.2, 0) is 16.4 Å². The molecule has 10 heteroatoms. The number of hydrogen-bond donors (Lipinski definition) is 0. The maximum absolute atomic E-state index is 13.5. The van der Waals surface area contributed by atoms with Gasteiger partial charge in [-0.05, 0) is 42.8 Å². The molecule has 4 aromatic rings. The van der Waals surface area contributed by atoms with Gasteiger partial charge in [-0.15, -0.1) is 0 Å². The molecule has 0 radical (unpaired) electrons. The Labute approximate surface area is 195 Å². The summed E-state index contributed by atoms with van der Waals surface area (Å²) in [6.45, 7) is 2.68. The first-order valence-corrected chi connectivity index (χ1v) is 12.9. The molecular formula is C22H21ClN4O3S2. The average molecular weight is 489 g/mol. The molecule has 0 aliphatic heterocycles. The van der Waals surface area contributed by atoms with E-state index in [9.17, 15) is 13.2 Å². The molecule has 0 fully saturated rings. The number of anilines is 1. The number of carbonyl (C=O) groups excluding carboxylic acids is 1. The van der Waals surface area contributed by atoms with Gasteiger partial charge in [-0.1, -0.05) is 35.9 Å². The fourth-order valence-corrected chi connectivity index (χ4v) is 5.45. The minimum atomic E-state index is -3.43. The Hall–Kier alpha value is -2.75. The lowest BCUT2D eigenvalue weighted by atomic mass is 10.2. The van der Waals surface area contributed by atoms with Crippen molar-refractivity contribution in [3.63, 3.8) is 0 Å². The number of imidazole rings is 1. The Morgan fingerprint density at radius 1 is 1.22 bits per heavy atom. The first-order chi connectivity index (χ1) is 15.4. The Bertz CT molecular complexity index is 1350. The Morgan fingerprint density at radius 2 is 2.06 bits per heavy atom. The van der Waals surface area contributed by atoms with Gasteiger partial charge < -0.3 is 4.57 Å². The SMILES string of the molecule is CCS(=O)(=O)c1cccc(C(=O)N(CCCn2ccnc2)c2nc3ccc(Cl)cc3s2)c1. The zero-order valence-electron chi connectivity index (χ0n) is 17.3. The maximum atomic E-state index is 13.5. The molecule has 0 N–H and O–H groups in total. The number of halogens is 1. The molecule has 32 heavy (non-hydrogen) atoms. The lowest BCUT2D eigenvalue weighted by Gasteiger charge is -2.20. The fraction of sp³-hybridized carbons (Fsp3) is 0.227. The second kappa shape index (κ2) is 9.40. The van der Waals surface area contributed by atoms with Gasteiger partial charge in [0.1, 0.15) is 0 Å². The number of hydrogen-bond acceptors (Lipinski definition) is 6. The second-order valence-electron chi connectivity index (χ2n) is 7.15. The normalized spacial score (nSPS) is 11.7. The number of benzene rings is 2. The Morgan fingerprint density at radius 3 is 2.81 bits per heavy atom. The predicted molar refractivity (Wildman–Crippen MR) is 127 cm³/mol. The minimum Gasteiger partial charge on any atom is -0.337 e. The van der Waals surface area contributed by atoms with Crippen LogP contribution in [0.5, 0.6) is 0 Å². The summed E-state index contributed by atoms with van der Waals surface area (Å²) in [6, 6.07) is 11.6. The van der Waals surface area contributed by atoms with Crippen LogP contribution >= 0.6 is 22.9 Å². The molecule has 0 aliphatic carbocycles. The van der Waals surface area contributed by atoms with E-state index < -0.39 is 9.84 Å². The summed E-state index contributed by atoms with van der Waals surface area (Å²) in [6.07, 6.45) is 5.97. The number of thiazole rings is 1. The molecule has 0 aliphatic rings. The van der Waals surface area contributed by atoms with Crippen molar-refractivity contribution in [2.45, 2.75) is 24.8 Å². The first kappa shape index (κ1) is 22.4. The fourth-order valence-electron chi connectivity index (χ4n) is 3.26. The maximum Gasteiger partial charge on any atom is 0.260 e. The molecule has 166 valence electrons. The van der Waals surface area contributed by atoms with Gasteiger partial charge >= 0.3 is 0 Å². The monoisotopic (exact) mass is 488 g/mol. The third-order valence-corrected chi connectivity index (χ3v) is 8.00. The van der Waals surface area contributed by atoms with E-state index in [1.807, 2.05) is 22.9 Å². The Balaban J connectivity index is 1.67. The molecule has 0 spiro atoms. The van der Waals surface area contributed by atoms with Crippen LogP contribution in [0.2, 0.25) is 5.02 Å². The average Bonchev–Trinajstić information content (AvgIpc) is 3.46. The van der Waals surface area contributed by atoms with E-state index in [1.54, 1.807) is 42.5 Å². The third-order valence-electron chi connectivity index (χ3n) is 4.99. The van der Waals surface area contributed by atoms with Gasteiger partial charge in [0.15, 0.2) is 15.0 Å². The summed E-state index contributed by atoms with van der Waals surface area (Å²) >= 11 is 7.49. The van der Waals surface area contributed by atoms with Crippen LogP contribution in [0.25, 0.3) is 10.2 Å². The number of amides is 1. The molecule has 2 aromatic heterocycles. The number of fused-ring (bicyclic) bond motifs is 1. The summed E-state index contributed by atoms with van der Waals surface area (Å²) in [7, 11) is -3.43. The quantitative estimate of drug-likeness (QED) is 0.359. The summed E-state index contributed by atoms with van der Waals surface area (Å²) < 4.78 is 27.4. The molecule has 1 amide bonds. The molecule has 0 unspecified atom stereocenters. The highest BCUT2D eigenvalue weighted by atomic mass is 35.5. The van der Waals surface area contributed by atoms with Crippen LogP contribution in [-0.4, -0.2) is 41.2 Å². The number of sulfone groups is 1. The van der Waals surface area contributed by atoms with E-state index in [4.69, 9.17) is 11.6 Å². The minimum absolute atomic E-state index is 0.0299. The molecule has 0 atom stereocenters. The summed E-state index contributed by atoms with van der Waals surface area (Å²) in [4.78, 5) is 23.9. The van der Waals surface area contributed by atoms with Crippen molar-refractivity contribution in [1.29, 1.82) is 0 Å². The van der Waals surface area contributed by atoms with Crippen LogP contribution in [0, 0.1) is 0 Å². The molecular weight excluding hydrogens is 468 g/mol. The van der Waals surface area contributed by atoms with Crippen molar-refractivity contribution in [3.8, 4) is 0 Å². The molecule has 2 heterocycles. The smallest absolute Gasteiger partial charge is 0.260 e.